The van der Waals surface area contributed by atoms with Crippen molar-refractivity contribution in [2.24, 2.45) is 0 Å². The van der Waals surface area contributed by atoms with Crippen LogP contribution < -0.4 is 5.32 Å². The van der Waals surface area contributed by atoms with Crippen molar-refractivity contribution < 1.29 is 14.6 Å². The molecular formula is C12H14N2O3S. The van der Waals surface area contributed by atoms with Crippen LogP contribution in [0.5, 0.6) is 0 Å². The van der Waals surface area contributed by atoms with Crippen LogP contribution in [0.2, 0.25) is 0 Å². The Balaban J connectivity index is 1.90. The van der Waals surface area contributed by atoms with Crippen LogP contribution in [0.25, 0.3) is 0 Å². The number of nitrogens with zero attached hydrogens (tertiary/aromatic N) is 1. The topological polar surface area (TPSA) is 71.5 Å². The molecule has 0 bridgehead atoms. The molecule has 0 radical (unpaired) electrons. The van der Waals surface area contributed by atoms with Crippen molar-refractivity contribution in [2.75, 3.05) is 18.5 Å². The van der Waals surface area contributed by atoms with Gasteiger partial charge in [-0.1, -0.05) is 23.2 Å². The molecule has 96 valence electrons. The highest BCUT2D eigenvalue weighted by Gasteiger charge is 2.24. The van der Waals surface area contributed by atoms with Crippen LogP contribution in [-0.2, 0) is 9.53 Å². The monoisotopic (exact) mass is 266 g/mol. The molecule has 1 aliphatic heterocycles. The maximum absolute atomic E-state index is 11.7. The Morgan fingerprint density at radius 2 is 2.61 bits per heavy atom. The first kappa shape index (κ1) is 13.0. The maximum Gasteiger partial charge on any atom is 0.255 e. The van der Waals surface area contributed by atoms with Gasteiger partial charge >= 0.3 is 0 Å². The van der Waals surface area contributed by atoms with Crippen LogP contribution in [0.3, 0.4) is 0 Å². The number of anilines is 1. The molecule has 5 nitrogen and oxygen atoms in total. The van der Waals surface area contributed by atoms with E-state index in [1.54, 1.807) is 6.20 Å². The fourth-order valence-corrected chi connectivity index (χ4v) is 2.26. The van der Waals surface area contributed by atoms with Crippen molar-refractivity contribution in [3.05, 3.63) is 11.1 Å². The molecule has 0 aliphatic carbocycles. The fourth-order valence-electron chi connectivity index (χ4n) is 1.57. The van der Waals surface area contributed by atoms with E-state index in [9.17, 15) is 4.79 Å². The van der Waals surface area contributed by atoms with Crippen molar-refractivity contribution in [2.45, 2.75) is 25.4 Å². The average molecular weight is 266 g/mol. The molecule has 0 aromatic carbocycles. The minimum atomic E-state index is -0.349. The zero-order chi connectivity index (χ0) is 12.8. The van der Waals surface area contributed by atoms with E-state index in [2.05, 4.69) is 22.1 Å². The number of aliphatic hydroxyl groups excluding tert-OH is 1. The lowest BCUT2D eigenvalue weighted by Crippen LogP contribution is -2.26. The van der Waals surface area contributed by atoms with E-state index in [0.717, 1.165) is 17.7 Å². The number of rotatable bonds is 3. The van der Waals surface area contributed by atoms with Gasteiger partial charge in [0.2, 0.25) is 0 Å². The lowest BCUT2D eigenvalue weighted by atomic mass is 10.2. The van der Waals surface area contributed by atoms with Gasteiger partial charge < -0.3 is 9.84 Å². The number of aliphatic hydroxyl groups is 1. The Labute approximate surface area is 109 Å². The van der Waals surface area contributed by atoms with Crippen molar-refractivity contribution in [1.29, 1.82) is 0 Å². The first-order chi connectivity index (χ1) is 8.79. The molecule has 1 aromatic heterocycles. The Kier molecular flexibility index (Phi) is 4.70. The summed E-state index contributed by atoms with van der Waals surface area (Å²) in [4.78, 5) is 16.6. The van der Waals surface area contributed by atoms with E-state index in [1.165, 1.54) is 11.3 Å². The van der Waals surface area contributed by atoms with Gasteiger partial charge in [-0.3, -0.25) is 10.1 Å². The summed E-state index contributed by atoms with van der Waals surface area (Å²) in [5.41, 5.74) is 0. The number of ether oxygens (including phenoxy) is 1. The van der Waals surface area contributed by atoms with Crippen molar-refractivity contribution in [3.8, 4) is 11.8 Å². The number of thiazole rings is 1. The summed E-state index contributed by atoms with van der Waals surface area (Å²) in [6.45, 7) is 0.697. The van der Waals surface area contributed by atoms with Gasteiger partial charge in [0.25, 0.3) is 5.91 Å². The van der Waals surface area contributed by atoms with E-state index in [0.29, 0.717) is 18.2 Å². The quantitative estimate of drug-likeness (QED) is 0.800. The molecule has 1 aromatic rings. The second-order valence-corrected chi connectivity index (χ2v) is 4.83. The van der Waals surface area contributed by atoms with E-state index in [1.807, 2.05) is 0 Å². The summed E-state index contributed by atoms with van der Waals surface area (Å²) in [5, 5.41) is 11.9. The Bertz CT molecular complexity index is 469. The summed E-state index contributed by atoms with van der Waals surface area (Å²) < 4.78 is 5.28. The van der Waals surface area contributed by atoms with E-state index < -0.39 is 0 Å². The van der Waals surface area contributed by atoms with E-state index in [4.69, 9.17) is 9.84 Å². The highest BCUT2D eigenvalue weighted by Crippen LogP contribution is 2.19. The lowest BCUT2D eigenvalue weighted by molar-refractivity contribution is -0.124. The van der Waals surface area contributed by atoms with Gasteiger partial charge in [0.05, 0.1) is 17.7 Å². The van der Waals surface area contributed by atoms with Gasteiger partial charge in [-0.2, -0.15) is 0 Å². The standard InChI is InChI=1S/C12H14N2O3S/c15-6-2-1-4-9-8-13-12(18-9)14-11(16)10-5-3-7-17-10/h8,10,15H,2-3,5-7H2,(H,13,14,16). The predicted octanol–water partition coefficient (Wildman–Crippen LogP) is 0.995. The fraction of sp³-hybridized carbons (Fsp3) is 0.500. The minimum Gasteiger partial charge on any atom is -0.395 e. The third kappa shape index (κ3) is 3.53. The molecule has 1 saturated heterocycles. The molecule has 2 N–H and O–H groups in total. The molecule has 6 heteroatoms. The molecule has 18 heavy (non-hydrogen) atoms. The van der Waals surface area contributed by atoms with Gasteiger partial charge in [-0.25, -0.2) is 4.98 Å². The number of carbonyl (C=O) groups is 1. The molecule has 1 atom stereocenters. The van der Waals surface area contributed by atoms with Crippen molar-refractivity contribution in [1.82, 2.24) is 4.98 Å². The second kappa shape index (κ2) is 6.50. The lowest BCUT2D eigenvalue weighted by Gasteiger charge is -2.07. The summed E-state index contributed by atoms with van der Waals surface area (Å²) >= 11 is 1.32. The van der Waals surface area contributed by atoms with Gasteiger partial charge in [-0.15, -0.1) is 0 Å². The number of carbonyl (C=O) groups excluding carboxylic acids is 1. The Morgan fingerprint density at radius 1 is 1.72 bits per heavy atom. The van der Waals surface area contributed by atoms with Gasteiger partial charge in [0.15, 0.2) is 5.13 Å². The predicted molar refractivity (Wildman–Crippen MR) is 68.3 cm³/mol. The third-order valence-electron chi connectivity index (χ3n) is 2.41. The van der Waals surface area contributed by atoms with E-state index >= 15 is 0 Å². The number of hydrogen-bond donors (Lipinski definition) is 2. The first-order valence-electron chi connectivity index (χ1n) is 5.77. The minimum absolute atomic E-state index is 0.0500. The molecule has 2 heterocycles. The first-order valence-corrected chi connectivity index (χ1v) is 6.59. The molecule has 2 rings (SSSR count). The molecule has 1 aliphatic rings. The number of aromatic nitrogens is 1. The number of amides is 1. The Hall–Kier alpha value is -1.42. The molecule has 0 saturated carbocycles. The van der Waals surface area contributed by atoms with Crippen LogP contribution in [0.15, 0.2) is 6.20 Å². The van der Waals surface area contributed by atoms with Crippen molar-refractivity contribution in [3.63, 3.8) is 0 Å². The SMILES string of the molecule is O=C(Nc1ncc(C#CCCO)s1)C1CCCO1. The van der Waals surface area contributed by atoms with Crippen LogP contribution in [0.1, 0.15) is 24.1 Å². The van der Waals surface area contributed by atoms with Gasteiger partial charge in [0.1, 0.15) is 6.10 Å². The van der Waals surface area contributed by atoms with Gasteiger partial charge in [0, 0.05) is 13.0 Å². The third-order valence-corrected chi connectivity index (χ3v) is 3.23. The molecular weight excluding hydrogens is 252 g/mol. The van der Waals surface area contributed by atoms with Crippen LogP contribution >= 0.6 is 11.3 Å². The van der Waals surface area contributed by atoms with Gasteiger partial charge in [-0.05, 0) is 12.8 Å². The molecule has 1 amide bonds. The van der Waals surface area contributed by atoms with E-state index in [-0.39, 0.29) is 18.6 Å². The molecule has 1 unspecified atom stereocenters. The largest absolute Gasteiger partial charge is 0.395 e. The summed E-state index contributed by atoms with van der Waals surface area (Å²) in [6, 6.07) is 0. The zero-order valence-electron chi connectivity index (χ0n) is 9.81. The summed E-state index contributed by atoms with van der Waals surface area (Å²) in [5.74, 6) is 5.54. The second-order valence-electron chi connectivity index (χ2n) is 3.80. The van der Waals surface area contributed by atoms with Crippen LogP contribution in [0.4, 0.5) is 5.13 Å². The van der Waals surface area contributed by atoms with Crippen LogP contribution in [-0.4, -0.2) is 35.3 Å². The number of hydrogen-bond acceptors (Lipinski definition) is 5. The normalized spacial score (nSPS) is 18.2. The maximum atomic E-state index is 11.7. The average Bonchev–Trinajstić information content (AvgIpc) is 3.00. The smallest absolute Gasteiger partial charge is 0.255 e. The highest BCUT2D eigenvalue weighted by atomic mass is 32.1. The number of nitrogens with one attached hydrogen (secondary N) is 1. The Morgan fingerprint density at radius 3 is 3.33 bits per heavy atom. The van der Waals surface area contributed by atoms with Crippen molar-refractivity contribution >= 4 is 22.4 Å². The highest BCUT2D eigenvalue weighted by molar-refractivity contribution is 7.16. The van der Waals surface area contributed by atoms with Crippen LogP contribution in [0, 0.1) is 11.8 Å². The summed E-state index contributed by atoms with van der Waals surface area (Å²) in [6.07, 6.45) is 3.39. The summed E-state index contributed by atoms with van der Waals surface area (Å²) in [7, 11) is 0. The zero-order valence-corrected chi connectivity index (χ0v) is 10.6. The molecule has 0 spiro atoms. The molecule has 1 fully saturated rings.